The van der Waals surface area contributed by atoms with Crippen LogP contribution >= 0.6 is 0 Å². The third-order valence-electron chi connectivity index (χ3n) is 1.13. The van der Waals surface area contributed by atoms with E-state index in [9.17, 15) is 4.79 Å². The van der Waals surface area contributed by atoms with E-state index in [-0.39, 0.29) is 5.56 Å². The lowest BCUT2D eigenvalue weighted by Gasteiger charge is -1.92. The first-order chi connectivity index (χ1) is 5.24. The van der Waals surface area contributed by atoms with Gasteiger partial charge in [0.25, 0.3) is 0 Å². The number of carboxylic acid groups (broad SMARTS) is 1. The Morgan fingerprint density at radius 3 is 3.00 bits per heavy atom. The van der Waals surface area contributed by atoms with E-state index in [0.29, 0.717) is 5.69 Å². The first-order valence-electron chi connectivity index (χ1n) is 2.92. The van der Waals surface area contributed by atoms with Gasteiger partial charge in [-0.2, -0.15) is 10.2 Å². The molecule has 0 aromatic carbocycles. The molecule has 1 heterocycles. The zero-order chi connectivity index (χ0) is 8.27. The van der Waals surface area contributed by atoms with Crippen LogP contribution in [0.4, 0.5) is 0 Å². The van der Waals surface area contributed by atoms with E-state index >= 15 is 0 Å². The monoisotopic (exact) mass is 150 g/mol. The van der Waals surface area contributed by atoms with Crippen molar-refractivity contribution < 1.29 is 9.90 Å². The highest BCUT2D eigenvalue weighted by Crippen LogP contribution is 1.99. The lowest BCUT2D eigenvalue weighted by atomic mass is 10.2. The largest absolute Gasteiger partial charge is 0.478 e. The summed E-state index contributed by atoms with van der Waals surface area (Å²) in [5.74, 6) is -1.01. The van der Waals surface area contributed by atoms with Gasteiger partial charge in [-0.05, 0) is 12.1 Å². The van der Waals surface area contributed by atoms with Crippen LogP contribution in [0.25, 0.3) is 6.08 Å². The molecular formula is C7H6N2O2. The van der Waals surface area contributed by atoms with Gasteiger partial charge in [-0.15, -0.1) is 0 Å². The van der Waals surface area contributed by atoms with E-state index in [0.717, 1.165) is 0 Å². The molecule has 1 rings (SSSR count). The summed E-state index contributed by atoms with van der Waals surface area (Å²) >= 11 is 0. The maximum Gasteiger partial charge on any atom is 0.337 e. The summed E-state index contributed by atoms with van der Waals surface area (Å²) in [6.45, 7) is 3.44. The summed E-state index contributed by atoms with van der Waals surface area (Å²) in [5, 5.41) is 15.6. The molecule has 0 bridgehead atoms. The van der Waals surface area contributed by atoms with Gasteiger partial charge in [-0.1, -0.05) is 6.58 Å². The molecule has 0 aliphatic carbocycles. The van der Waals surface area contributed by atoms with Crippen LogP contribution in [-0.4, -0.2) is 21.3 Å². The average Bonchev–Trinajstić information content (AvgIpc) is 2.05. The van der Waals surface area contributed by atoms with Crippen molar-refractivity contribution in [2.24, 2.45) is 0 Å². The van der Waals surface area contributed by atoms with Gasteiger partial charge in [0.1, 0.15) is 0 Å². The summed E-state index contributed by atoms with van der Waals surface area (Å²) in [5.41, 5.74) is 0.583. The molecule has 0 radical (unpaired) electrons. The highest BCUT2D eigenvalue weighted by molar-refractivity contribution is 5.87. The Kier molecular flexibility index (Phi) is 1.96. The number of aromatic nitrogens is 2. The zero-order valence-electron chi connectivity index (χ0n) is 5.69. The summed E-state index contributed by atoms with van der Waals surface area (Å²) in [4.78, 5) is 10.4. The van der Waals surface area contributed by atoms with Gasteiger partial charge in [0, 0.05) is 0 Å². The minimum absolute atomic E-state index is 0.120. The van der Waals surface area contributed by atoms with Gasteiger partial charge >= 0.3 is 5.97 Å². The second-order valence-corrected chi connectivity index (χ2v) is 1.88. The van der Waals surface area contributed by atoms with E-state index < -0.39 is 5.97 Å². The van der Waals surface area contributed by atoms with Crippen LogP contribution < -0.4 is 0 Å². The standard InChI is InChI=1S/C7H6N2O2/c1-2-6-3-5(7(10)11)4-8-9-6/h2-4H,1H2,(H,10,11). The lowest BCUT2D eigenvalue weighted by Crippen LogP contribution is -1.98. The van der Waals surface area contributed by atoms with Gasteiger partial charge in [0.2, 0.25) is 0 Å². The van der Waals surface area contributed by atoms with Crippen LogP contribution in [-0.2, 0) is 0 Å². The van der Waals surface area contributed by atoms with Gasteiger partial charge in [0.05, 0.1) is 17.5 Å². The Balaban J connectivity index is 3.10. The molecule has 0 saturated heterocycles. The molecule has 0 aliphatic heterocycles. The van der Waals surface area contributed by atoms with E-state index in [1.54, 1.807) is 0 Å². The van der Waals surface area contributed by atoms with Gasteiger partial charge in [-0.3, -0.25) is 0 Å². The Bertz CT molecular complexity index is 296. The lowest BCUT2D eigenvalue weighted by molar-refractivity contribution is 0.0696. The maximum atomic E-state index is 10.4. The number of nitrogens with zero attached hydrogens (tertiary/aromatic N) is 2. The van der Waals surface area contributed by atoms with Crippen molar-refractivity contribution in [3.8, 4) is 0 Å². The molecular weight excluding hydrogens is 144 g/mol. The Morgan fingerprint density at radius 1 is 1.73 bits per heavy atom. The molecule has 0 atom stereocenters. The van der Waals surface area contributed by atoms with Crippen molar-refractivity contribution in [1.29, 1.82) is 0 Å². The molecule has 0 spiro atoms. The third-order valence-corrected chi connectivity index (χ3v) is 1.13. The number of aromatic carboxylic acids is 1. The van der Waals surface area contributed by atoms with E-state index in [1.807, 2.05) is 0 Å². The van der Waals surface area contributed by atoms with Crippen LogP contribution in [0.15, 0.2) is 18.8 Å². The van der Waals surface area contributed by atoms with Gasteiger partial charge in [-0.25, -0.2) is 4.79 Å². The van der Waals surface area contributed by atoms with Gasteiger partial charge < -0.3 is 5.11 Å². The Hall–Kier alpha value is -1.71. The van der Waals surface area contributed by atoms with Crippen molar-refractivity contribution in [3.05, 3.63) is 30.1 Å². The number of hydrogen-bond acceptors (Lipinski definition) is 3. The average molecular weight is 150 g/mol. The minimum atomic E-state index is -1.01. The molecule has 0 amide bonds. The number of carbonyl (C=O) groups is 1. The fourth-order valence-corrected chi connectivity index (χ4v) is 0.600. The van der Waals surface area contributed by atoms with Crippen molar-refractivity contribution in [3.63, 3.8) is 0 Å². The van der Waals surface area contributed by atoms with Crippen molar-refractivity contribution in [2.45, 2.75) is 0 Å². The fourth-order valence-electron chi connectivity index (χ4n) is 0.600. The van der Waals surface area contributed by atoms with Crippen molar-refractivity contribution in [2.75, 3.05) is 0 Å². The number of carboxylic acids is 1. The number of hydrogen-bond donors (Lipinski definition) is 1. The molecule has 4 nitrogen and oxygen atoms in total. The van der Waals surface area contributed by atoms with Crippen LogP contribution in [0, 0.1) is 0 Å². The third kappa shape index (κ3) is 1.61. The SMILES string of the molecule is C=Cc1cc(C(=O)O)cnn1. The molecule has 0 aliphatic rings. The van der Waals surface area contributed by atoms with Crippen LogP contribution in [0.2, 0.25) is 0 Å². The minimum Gasteiger partial charge on any atom is -0.478 e. The second kappa shape index (κ2) is 2.92. The van der Waals surface area contributed by atoms with Crippen LogP contribution in [0.1, 0.15) is 16.1 Å². The fraction of sp³-hybridized carbons (Fsp3) is 0. The summed E-state index contributed by atoms with van der Waals surface area (Å²) < 4.78 is 0. The highest BCUT2D eigenvalue weighted by Gasteiger charge is 2.02. The Labute approximate surface area is 63.2 Å². The topological polar surface area (TPSA) is 63.1 Å². The van der Waals surface area contributed by atoms with Crippen LogP contribution in [0.5, 0.6) is 0 Å². The summed E-state index contributed by atoms with van der Waals surface area (Å²) in [6, 6.07) is 1.41. The molecule has 0 fully saturated rings. The summed E-state index contributed by atoms with van der Waals surface area (Å²) in [7, 11) is 0. The normalized spacial score (nSPS) is 9.09. The quantitative estimate of drug-likeness (QED) is 0.677. The maximum absolute atomic E-state index is 10.4. The molecule has 0 unspecified atom stereocenters. The van der Waals surface area contributed by atoms with Crippen molar-refractivity contribution in [1.82, 2.24) is 10.2 Å². The molecule has 1 aromatic heterocycles. The molecule has 56 valence electrons. The number of rotatable bonds is 2. The zero-order valence-corrected chi connectivity index (χ0v) is 5.69. The second-order valence-electron chi connectivity index (χ2n) is 1.88. The smallest absolute Gasteiger partial charge is 0.337 e. The summed E-state index contributed by atoms with van der Waals surface area (Å²) in [6.07, 6.45) is 2.63. The molecule has 1 N–H and O–H groups in total. The molecule has 0 saturated carbocycles. The van der Waals surface area contributed by atoms with E-state index in [1.165, 1.54) is 18.3 Å². The highest BCUT2D eigenvalue weighted by atomic mass is 16.4. The predicted molar refractivity (Wildman–Crippen MR) is 39.1 cm³/mol. The first-order valence-corrected chi connectivity index (χ1v) is 2.92. The molecule has 4 heteroatoms. The molecule has 11 heavy (non-hydrogen) atoms. The van der Waals surface area contributed by atoms with E-state index in [4.69, 9.17) is 5.11 Å². The van der Waals surface area contributed by atoms with Gasteiger partial charge in [0.15, 0.2) is 0 Å². The first kappa shape index (κ1) is 7.40. The predicted octanol–water partition coefficient (Wildman–Crippen LogP) is 0.818. The Morgan fingerprint density at radius 2 is 2.45 bits per heavy atom. The van der Waals surface area contributed by atoms with Crippen molar-refractivity contribution >= 4 is 12.0 Å². The van der Waals surface area contributed by atoms with E-state index in [2.05, 4.69) is 16.8 Å². The van der Waals surface area contributed by atoms with Crippen LogP contribution in [0.3, 0.4) is 0 Å². The molecule has 1 aromatic rings.